The Morgan fingerprint density at radius 3 is 2.78 bits per heavy atom. The summed E-state index contributed by atoms with van der Waals surface area (Å²) in [6, 6.07) is 9.99. The predicted molar refractivity (Wildman–Crippen MR) is 70.9 cm³/mol. The molecule has 0 saturated carbocycles. The maximum atomic E-state index is 6.16. The third-order valence-corrected chi connectivity index (χ3v) is 3.52. The van der Waals surface area contributed by atoms with Gasteiger partial charge in [0.25, 0.3) is 0 Å². The summed E-state index contributed by atoms with van der Waals surface area (Å²) in [4.78, 5) is 0. The van der Waals surface area contributed by atoms with Crippen LogP contribution in [0.15, 0.2) is 30.3 Å². The summed E-state index contributed by atoms with van der Waals surface area (Å²) in [5.74, 6) is 1.11. The first-order valence-electron chi connectivity index (χ1n) is 6.25. The molecule has 4 nitrogen and oxygen atoms in total. The van der Waals surface area contributed by atoms with Crippen molar-refractivity contribution in [2.45, 2.75) is 19.3 Å². The molecule has 18 heavy (non-hydrogen) atoms. The molecule has 2 heterocycles. The van der Waals surface area contributed by atoms with Gasteiger partial charge in [-0.15, -0.1) is 0 Å². The zero-order valence-electron chi connectivity index (χ0n) is 10.5. The zero-order valence-corrected chi connectivity index (χ0v) is 10.5. The summed E-state index contributed by atoms with van der Waals surface area (Å²) in [5, 5.41) is 4.67. The van der Waals surface area contributed by atoms with Gasteiger partial charge in [-0.3, -0.25) is 0 Å². The van der Waals surface area contributed by atoms with Crippen LogP contribution in [0.25, 0.3) is 5.69 Å². The highest BCUT2D eigenvalue weighted by Crippen LogP contribution is 2.30. The summed E-state index contributed by atoms with van der Waals surface area (Å²) in [7, 11) is 0. The van der Waals surface area contributed by atoms with E-state index in [0.29, 0.717) is 5.92 Å². The van der Waals surface area contributed by atoms with Crippen molar-refractivity contribution in [2.75, 3.05) is 18.9 Å². The third-order valence-electron chi connectivity index (χ3n) is 3.52. The number of benzene rings is 1. The first kappa shape index (κ1) is 11.3. The Balaban J connectivity index is 2.04. The van der Waals surface area contributed by atoms with Crippen molar-refractivity contribution in [3.63, 3.8) is 0 Å². The molecule has 3 rings (SSSR count). The Bertz CT molecular complexity index is 542. The first-order valence-corrected chi connectivity index (χ1v) is 6.25. The van der Waals surface area contributed by atoms with Gasteiger partial charge in [0.1, 0.15) is 5.82 Å². The number of para-hydroxylation sites is 1. The van der Waals surface area contributed by atoms with Gasteiger partial charge in [0, 0.05) is 18.1 Å². The SMILES string of the molecule is Cc1c(C2CCOC2)nn(-c2ccccc2)c1N. The Morgan fingerprint density at radius 1 is 1.33 bits per heavy atom. The van der Waals surface area contributed by atoms with Crippen molar-refractivity contribution in [1.29, 1.82) is 0 Å². The van der Waals surface area contributed by atoms with Gasteiger partial charge < -0.3 is 10.5 Å². The number of anilines is 1. The lowest BCUT2D eigenvalue weighted by Crippen LogP contribution is -2.03. The van der Waals surface area contributed by atoms with Gasteiger partial charge in [0.15, 0.2) is 0 Å². The number of hydrogen-bond donors (Lipinski definition) is 1. The molecule has 1 aromatic carbocycles. The molecule has 4 heteroatoms. The van der Waals surface area contributed by atoms with Crippen LogP contribution in [0.1, 0.15) is 23.6 Å². The van der Waals surface area contributed by atoms with Crippen LogP contribution in [0.4, 0.5) is 5.82 Å². The van der Waals surface area contributed by atoms with Crippen LogP contribution in [0, 0.1) is 6.92 Å². The van der Waals surface area contributed by atoms with Crippen molar-refractivity contribution in [3.05, 3.63) is 41.6 Å². The predicted octanol–water partition coefficient (Wildman–Crippen LogP) is 2.27. The molecule has 1 aliphatic heterocycles. The maximum absolute atomic E-state index is 6.16. The largest absolute Gasteiger partial charge is 0.383 e. The lowest BCUT2D eigenvalue weighted by molar-refractivity contribution is 0.193. The van der Waals surface area contributed by atoms with E-state index < -0.39 is 0 Å². The fraction of sp³-hybridized carbons (Fsp3) is 0.357. The summed E-state index contributed by atoms with van der Waals surface area (Å²) in [6.45, 7) is 3.61. The van der Waals surface area contributed by atoms with E-state index in [0.717, 1.165) is 42.4 Å². The maximum Gasteiger partial charge on any atom is 0.130 e. The van der Waals surface area contributed by atoms with Crippen LogP contribution in [0.2, 0.25) is 0 Å². The summed E-state index contributed by atoms with van der Waals surface area (Å²) in [6.07, 6.45) is 1.03. The second-order valence-corrected chi connectivity index (χ2v) is 4.70. The molecule has 1 atom stereocenters. The van der Waals surface area contributed by atoms with Gasteiger partial charge in [-0.05, 0) is 25.5 Å². The number of nitrogens with two attached hydrogens (primary N) is 1. The number of hydrogen-bond acceptors (Lipinski definition) is 3. The molecule has 94 valence electrons. The second-order valence-electron chi connectivity index (χ2n) is 4.70. The summed E-state index contributed by atoms with van der Waals surface area (Å²) in [5.41, 5.74) is 9.32. The highest BCUT2D eigenvalue weighted by Gasteiger charge is 2.24. The highest BCUT2D eigenvalue weighted by molar-refractivity contribution is 5.50. The molecular formula is C14H17N3O. The average Bonchev–Trinajstić information content (AvgIpc) is 3.01. The Morgan fingerprint density at radius 2 is 2.11 bits per heavy atom. The molecule has 2 aromatic rings. The minimum Gasteiger partial charge on any atom is -0.383 e. The van der Waals surface area contributed by atoms with E-state index in [4.69, 9.17) is 10.5 Å². The highest BCUT2D eigenvalue weighted by atomic mass is 16.5. The fourth-order valence-electron chi connectivity index (χ4n) is 2.43. The number of ether oxygens (including phenoxy) is 1. The Kier molecular flexibility index (Phi) is 2.80. The van der Waals surface area contributed by atoms with Crippen molar-refractivity contribution in [2.24, 2.45) is 0 Å². The molecule has 1 saturated heterocycles. The molecule has 1 fully saturated rings. The van der Waals surface area contributed by atoms with Crippen molar-refractivity contribution < 1.29 is 4.74 Å². The van der Waals surface area contributed by atoms with Crippen molar-refractivity contribution in [1.82, 2.24) is 9.78 Å². The third kappa shape index (κ3) is 1.78. The molecular weight excluding hydrogens is 226 g/mol. The van der Waals surface area contributed by atoms with E-state index in [-0.39, 0.29) is 0 Å². The molecule has 0 spiro atoms. The van der Waals surface area contributed by atoms with Crippen LogP contribution in [-0.4, -0.2) is 23.0 Å². The quantitative estimate of drug-likeness (QED) is 0.880. The number of rotatable bonds is 2. The minimum atomic E-state index is 0.386. The van der Waals surface area contributed by atoms with Crippen LogP contribution in [0.5, 0.6) is 0 Å². The van der Waals surface area contributed by atoms with E-state index in [1.807, 2.05) is 41.9 Å². The van der Waals surface area contributed by atoms with E-state index >= 15 is 0 Å². The van der Waals surface area contributed by atoms with E-state index in [2.05, 4.69) is 5.10 Å². The van der Waals surface area contributed by atoms with Crippen LogP contribution in [0.3, 0.4) is 0 Å². The monoisotopic (exact) mass is 243 g/mol. The van der Waals surface area contributed by atoms with Crippen molar-refractivity contribution in [3.8, 4) is 5.69 Å². The number of nitrogens with zero attached hydrogens (tertiary/aromatic N) is 2. The van der Waals surface area contributed by atoms with Gasteiger partial charge in [0.05, 0.1) is 18.0 Å². The Hall–Kier alpha value is -1.81. The lowest BCUT2D eigenvalue weighted by atomic mass is 10.0. The molecule has 1 aromatic heterocycles. The molecule has 0 amide bonds. The molecule has 1 aliphatic rings. The Labute approximate surface area is 106 Å². The number of aromatic nitrogens is 2. The lowest BCUT2D eigenvalue weighted by Gasteiger charge is -2.04. The topological polar surface area (TPSA) is 53.1 Å². The van der Waals surface area contributed by atoms with Gasteiger partial charge in [-0.1, -0.05) is 18.2 Å². The van der Waals surface area contributed by atoms with E-state index in [1.54, 1.807) is 0 Å². The van der Waals surface area contributed by atoms with Gasteiger partial charge in [-0.25, -0.2) is 4.68 Å². The average molecular weight is 243 g/mol. The normalized spacial score (nSPS) is 19.3. The van der Waals surface area contributed by atoms with Gasteiger partial charge >= 0.3 is 0 Å². The fourth-order valence-corrected chi connectivity index (χ4v) is 2.43. The van der Waals surface area contributed by atoms with Gasteiger partial charge in [0.2, 0.25) is 0 Å². The molecule has 0 radical (unpaired) electrons. The first-order chi connectivity index (χ1) is 8.77. The van der Waals surface area contributed by atoms with Crippen LogP contribution >= 0.6 is 0 Å². The van der Waals surface area contributed by atoms with Crippen LogP contribution in [-0.2, 0) is 4.74 Å². The molecule has 1 unspecified atom stereocenters. The zero-order chi connectivity index (χ0) is 12.5. The van der Waals surface area contributed by atoms with E-state index in [1.165, 1.54) is 0 Å². The van der Waals surface area contributed by atoms with E-state index in [9.17, 15) is 0 Å². The minimum absolute atomic E-state index is 0.386. The molecule has 0 aliphatic carbocycles. The van der Waals surface area contributed by atoms with Crippen LogP contribution < -0.4 is 5.73 Å². The van der Waals surface area contributed by atoms with Crippen molar-refractivity contribution >= 4 is 5.82 Å². The summed E-state index contributed by atoms with van der Waals surface area (Å²) >= 11 is 0. The second kappa shape index (κ2) is 4.46. The van der Waals surface area contributed by atoms with Gasteiger partial charge in [-0.2, -0.15) is 5.10 Å². The number of nitrogen functional groups attached to an aromatic ring is 1. The molecule has 0 bridgehead atoms. The summed E-state index contributed by atoms with van der Waals surface area (Å²) < 4.78 is 7.25. The molecule has 2 N–H and O–H groups in total. The smallest absolute Gasteiger partial charge is 0.130 e. The standard InChI is InChI=1S/C14H17N3O/c1-10-13(11-7-8-18-9-11)16-17(14(10)15)12-5-3-2-4-6-12/h2-6,11H,7-9,15H2,1H3.